The lowest BCUT2D eigenvalue weighted by atomic mass is 10.1. The second-order valence-electron chi connectivity index (χ2n) is 5.33. The van der Waals surface area contributed by atoms with Crippen molar-refractivity contribution in [2.45, 2.75) is 6.92 Å². The van der Waals surface area contributed by atoms with E-state index in [-0.39, 0.29) is 5.43 Å². The summed E-state index contributed by atoms with van der Waals surface area (Å²) < 4.78 is 1.57. The number of pyridine rings is 1. The van der Waals surface area contributed by atoms with Gasteiger partial charge < -0.3 is 4.98 Å². The van der Waals surface area contributed by atoms with E-state index in [4.69, 9.17) is 0 Å². The first-order chi connectivity index (χ1) is 11.2. The third-order valence-electron chi connectivity index (χ3n) is 3.78. The minimum atomic E-state index is -0.0949. The maximum absolute atomic E-state index is 12.7. The Morgan fingerprint density at radius 2 is 1.83 bits per heavy atom. The number of hydrogen-bond acceptors (Lipinski definition) is 4. The Labute approximate surface area is 131 Å². The van der Waals surface area contributed by atoms with Gasteiger partial charge in [-0.25, -0.2) is 0 Å². The third-order valence-corrected chi connectivity index (χ3v) is 3.78. The first-order valence-electron chi connectivity index (χ1n) is 7.20. The number of fused-ring (bicyclic) bond motifs is 1. The molecule has 0 unspecified atom stereocenters. The number of benzene rings is 2. The molecule has 0 radical (unpaired) electrons. The molecule has 23 heavy (non-hydrogen) atoms. The number of hydrogen-bond donors (Lipinski definition) is 1. The van der Waals surface area contributed by atoms with Gasteiger partial charge in [0.2, 0.25) is 0 Å². The van der Waals surface area contributed by atoms with Crippen molar-refractivity contribution in [3.05, 3.63) is 70.5 Å². The highest BCUT2D eigenvalue weighted by Crippen LogP contribution is 2.18. The first kappa shape index (κ1) is 13.4. The number of para-hydroxylation sites is 1. The van der Waals surface area contributed by atoms with E-state index in [0.717, 1.165) is 16.8 Å². The lowest BCUT2D eigenvalue weighted by molar-refractivity contribution is 0.791. The van der Waals surface area contributed by atoms with E-state index in [1.807, 2.05) is 49.4 Å². The Bertz CT molecular complexity index is 1050. The molecule has 0 atom stereocenters. The number of aryl methyl sites for hydroxylation is 1. The van der Waals surface area contributed by atoms with Crippen LogP contribution in [0.4, 0.5) is 0 Å². The highest BCUT2D eigenvalue weighted by atomic mass is 16.1. The molecule has 112 valence electrons. The first-order valence-corrected chi connectivity index (χ1v) is 7.20. The standard InChI is InChI=1S/C17H13N5O/c1-11-6-8-12(9-7-11)22-17(19-20-21-22)14-10-18-15-5-3-2-4-13(15)16(14)23/h2-10H,1H3,(H,18,23). The highest BCUT2D eigenvalue weighted by molar-refractivity contribution is 5.82. The molecule has 0 fully saturated rings. The van der Waals surface area contributed by atoms with Crippen molar-refractivity contribution in [2.24, 2.45) is 0 Å². The monoisotopic (exact) mass is 303 g/mol. The van der Waals surface area contributed by atoms with Crippen LogP contribution in [0.5, 0.6) is 0 Å². The van der Waals surface area contributed by atoms with Crippen LogP contribution in [0.1, 0.15) is 5.56 Å². The second-order valence-corrected chi connectivity index (χ2v) is 5.33. The van der Waals surface area contributed by atoms with E-state index in [1.54, 1.807) is 16.9 Å². The second kappa shape index (κ2) is 5.17. The summed E-state index contributed by atoms with van der Waals surface area (Å²) in [6.07, 6.45) is 1.65. The number of tetrazole rings is 1. The lowest BCUT2D eigenvalue weighted by Crippen LogP contribution is -2.10. The summed E-state index contributed by atoms with van der Waals surface area (Å²) in [6.45, 7) is 2.01. The van der Waals surface area contributed by atoms with Crippen LogP contribution in [0, 0.1) is 6.92 Å². The molecule has 2 aromatic heterocycles. The van der Waals surface area contributed by atoms with Crippen LogP contribution in [-0.4, -0.2) is 25.2 Å². The van der Waals surface area contributed by atoms with Gasteiger partial charge in [0, 0.05) is 17.1 Å². The maximum atomic E-state index is 12.7. The van der Waals surface area contributed by atoms with Gasteiger partial charge in [0.15, 0.2) is 11.3 Å². The van der Waals surface area contributed by atoms with E-state index in [1.165, 1.54) is 0 Å². The van der Waals surface area contributed by atoms with E-state index >= 15 is 0 Å². The van der Waals surface area contributed by atoms with Gasteiger partial charge in [-0.2, -0.15) is 4.68 Å². The molecule has 0 aliphatic rings. The summed E-state index contributed by atoms with van der Waals surface area (Å²) in [6, 6.07) is 15.2. The molecule has 0 spiro atoms. The van der Waals surface area contributed by atoms with Gasteiger partial charge in [-0.15, -0.1) is 5.10 Å². The van der Waals surface area contributed by atoms with Gasteiger partial charge in [0.1, 0.15) is 0 Å². The Morgan fingerprint density at radius 3 is 2.65 bits per heavy atom. The summed E-state index contributed by atoms with van der Waals surface area (Å²) in [4.78, 5) is 15.9. The van der Waals surface area contributed by atoms with Crippen LogP contribution < -0.4 is 5.43 Å². The predicted molar refractivity (Wildman–Crippen MR) is 87.5 cm³/mol. The molecule has 1 N–H and O–H groups in total. The van der Waals surface area contributed by atoms with E-state index in [0.29, 0.717) is 16.8 Å². The quantitative estimate of drug-likeness (QED) is 0.617. The zero-order valence-corrected chi connectivity index (χ0v) is 12.4. The largest absolute Gasteiger partial charge is 0.360 e. The number of nitrogens with zero attached hydrogens (tertiary/aromatic N) is 4. The fourth-order valence-electron chi connectivity index (χ4n) is 2.55. The van der Waals surface area contributed by atoms with Crippen molar-refractivity contribution >= 4 is 10.9 Å². The van der Waals surface area contributed by atoms with Gasteiger partial charge in [0.25, 0.3) is 0 Å². The topological polar surface area (TPSA) is 76.5 Å². The summed E-state index contributed by atoms with van der Waals surface area (Å²) in [5, 5.41) is 12.4. The Kier molecular flexibility index (Phi) is 3.01. The molecule has 2 aromatic carbocycles. The minimum Gasteiger partial charge on any atom is -0.360 e. The Balaban J connectivity index is 1.93. The van der Waals surface area contributed by atoms with Crippen molar-refractivity contribution < 1.29 is 0 Å². The molecule has 0 saturated carbocycles. The van der Waals surface area contributed by atoms with Crippen LogP contribution in [0.3, 0.4) is 0 Å². The molecule has 0 bridgehead atoms. The summed E-state index contributed by atoms with van der Waals surface area (Å²) in [5.41, 5.74) is 3.09. The molecule has 0 aliphatic heterocycles. The summed E-state index contributed by atoms with van der Waals surface area (Å²) in [7, 11) is 0. The van der Waals surface area contributed by atoms with Crippen molar-refractivity contribution in [1.29, 1.82) is 0 Å². The molecule has 0 aliphatic carbocycles. The van der Waals surface area contributed by atoms with Gasteiger partial charge in [-0.3, -0.25) is 4.79 Å². The van der Waals surface area contributed by atoms with Crippen LogP contribution in [-0.2, 0) is 0 Å². The fourth-order valence-corrected chi connectivity index (χ4v) is 2.55. The SMILES string of the molecule is Cc1ccc(-n2nnnc2-c2c[nH]c3ccccc3c2=O)cc1. The molecule has 4 aromatic rings. The fraction of sp³-hybridized carbons (Fsp3) is 0.0588. The molecule has 6 heteroatoms. The van der Waals surface area contributed by atoms with Gasteiger partial charge in [0.05, 0.1) is 11.3 Å². The zero-order valence-electron chi connectivity index (χ0n) is 12.4. The number of rotatable bonds is 2. The summed E-state index contributed by atoms with van der Waals surface area (Å²) >= 11 is 0. The third kappa shape index (κ3) is 2.20. The van der Waals surface area contributed by atoms with Crippen molar-refractivity contribution in [3.63, 3.8) is 0 Å². The van der Waals surface area contributed by atoms with Crippen molar-refractivity contribution in [3.8, 4) is 17.1 Å². The molecular formula is C17H13N5O. The number of nitrogens with one attached hydrogen (secondary N) is 1. The zero-order chi connectivity index (χ0) is 15.8. The van der Waals surface area contributed by atoms with Crippen molar-refractivity contribution in [1.82, 2.24) is 25.2 Å². The maximum Gasteiger partial charge on any atom is 0.200 e. The lowest BCUT2D eigenvalue weighted by Gasteiger charge is -2.05. The average molecular weight is 303 g/mol. The Morgan fingerprint density at radius 1 is 1.04 bits per heavy atom. The molecule has 6 nitrogen and oxygen atoms in total. The van der Waals surface area contributed by atoms with E-state index in [9.17, 15) is 4.79 Å². The normalized spacial score (nSPS) is 11.0. The van der Waals surface area contributed by atoms with Crippen LogP contribution >= 0.6 is 0 Å². The molecule has 0 amide bonds. The molecule has 2 heterocycles. The van der Waals surface area contributed by atoms with Gasteiger partial charge >= 0.3 is 0 Å². The van der Waals surface area contributed by atoms with E-state index < -0.39 is 0 Å². The Hall–Kier alpha value is -3.28. The number of aromatic amines is 1. The summed E-state index contributed by atoms with van der Waals surface area (Å²) in [5.74, 6) is 0.417. The van der Waals surface area contributed by atoms with Gasteiger partial charge in [-0.05, 0) is 41.6 Å². The van der Waals surface area contributed by atoms with Crippen LogP contribution in [0.25, 0.3) is 28.0 Å². The molecule has 0 saturated heterocycles. The van der Waals surface area contributed by atoms with Gasteiger partial charge in [-0.1, -0.05) is 29.8 Å². The molecule has 4 rings (SSSR count). The van der Waals surface area contributed by atoms with E-state index in [2.05, 4.69) is 20.5 Å². The predicted octanol–water partition coefficient (Wildman–Crippen LogP) is 2.48. The number of aromatic nitrogens is 5. The van der Waals surface area contributed by atoms with Crippen molar-refractivity contribution in [2.75, 3.05) is 0 Å². The number of H-pyrrole nitrogens is 1. The van der Waals surface area contributed by atoms with Crippen LogP contribution in [0.15, 0.2) is 59.5 Å². The smallest absolute Gasteiger partial charge is 0.200 e. The highest BCUT2D eigenvalue weighted by Gasteiger charge is 2.15. The minimum absolute atomic E-state index is 0.0949. The van der Waals surface area contributed by atoms with Crippen LogP contribution in [0.2, 0.25) is 0 Å². The average Bonchev–Trinajstić information content (AvgIpc) is 3.05. The molecular weight excluding hydrogens is 290 g/mol.